The Balaban J connectivity index is 2.16. The van der Waals surface area contributed by atoms with E-state index in [0.29, 0.717) is 13.2 Å². The third-order valence-corrected chi connectivity index (χ3v) is 3.09. The maximum atomic E-state index is 5.63. The molecule has 0 amide bonds. The van der Waals surface area contributed by atoms with E-state index in [1.54, 1.807) is 0 Å². The minimum Gasteiger partial charge on any atom is -0.491 e. The molecule has 0 aliphatic carbocycles. The highest BCUT2D eigenvalue weighted by Gasteiger charge is 1.96. The van der Waals surface area contributed by atoms with Crippen LogP contribution in [0.25, 0.3) is 0 Å². The van der Waals surface area contributed by atoms with E-state index in [4.69, 9.17) is 9.47 Å². The third-order valence-electron chi connectivity index (χ3n) is 3.09. The molecular formula is C17H28O2. The molecule has 0 fully saturated rings. The van der Waals surface area contributed by atoms with E-state index in [1.807, 2.05) is 0 Å². The molecule has 0 saturated heterocycles. The van der Waals surface area contributed by atoms with Crippen LogP contribution in [0.5, 0.6) is 5.75 Å². The predicted octanol–water partition coefficient (Wildman–Crippen LogP) is 4.61. The average Bonchev–Trinajstić information content (AvgIpc) is 2.45. The van der Waals surface area contributed by atoms with Gasteiger partial charge in [0, 0.05) is 6.61 Å². The van der Waals surface area contributed by atoms with Crippen LogP contribution >= 0.6 is 0 Å². The summed E-state index contributed by atoms with van der Waals surface area (Å²) < 4.78 is 11.0. The maximum absolute atomic E-state index is 5.63. The van der Waals surface area contributed by atoms with Gasteiger partial charge in [-0.3, -0.25) is 0 Å². The molecule has 0 N–H and O–H groups in total. The molecule has 0 radical (unpaired) electrons. The summed E-state index contributed by atoms with van der Waals surface area (Å²) in [4.78, 5) is 0. The highest BCUT2D eigenvalue weighted by molar-refractivity contribution is 5.27. The van der Waals surface area contributed by atoms with Gasteiger partial charge in [0.25, 0.3) is 0 Å². The van der Waals surface area contributed by atoms with Gasteiger partial charge in [-0.2, -0.15) is 0 Å². The molecule has 0 atom stereocenters. The summed E-state index contributed by atoms with van der Waals surface area (Å²) in [6.45, 7) is 6.49. The fraction of sp³-hybridized carbons (Fsp3) is 0.647. The molecule has 0 bridgehead atoms. The second kappa shape index (κ2) is 10.9. The molecule has 1 rings (SSSR count). The van der Waals surface area contributed by atoms with Crippen LogP contribution in [0.15, 0.2) is 24.3 Å². The Kier molecular flexibility index (Phi) is 9.17. The molecule has 108 valence electrons. The quantitative estimate of drug-likeness (QED) is 0.543. The zero-order valence-electron chi connectivity index (χ0n) is 12.5. The van der Waals surface area contributed by atoms with Gasteiger partial charge in [-0.1, -0.05) is 45.2 Å². The van der Waals surface area contributed by atoms with Crippen molar-refractivity contribution >= 4 is 0 Å². The highest BCUT2D eigenvalue weighted by Crippen LogP contribution is 2.14. The van der Waals surface area contributed by atoms with Gasteiger partial charge in [0.15, 0.2) is 0 Å². The molecular weight excluding hydrogens is 236 g/mol. The minimum absolute atomic E-state index is 0.635. The number of rotatable bonds is 11. The first-order valence-electron chi connectivity index (χ1n) is 7.66. The lowest BCUT2D eigenvalue weighted by molar-refractivity contribution is 0.101. The summed E-state index contributed by atoms with van der Waals surface area (Å²) in [6.07, 6.45) is 7.51. The van der Waals surface area contributed by atoms with E-state index in [1.165, 1.54) is 37.7 Å². The second-order valence-corrected chi connectivity index (χ2v) is 4.92. The van der Waals surface area contributed by atoms with E-state index >= 15 is 0 Å². The van der Waals surface area contributed by atoms with Gasteiger partial charge in [-0.05, 0) is 37.0 Å². The van der Waals surface area contributed by atoms with E-state index < -0.39 is 0 Å². The summed E-state index contributed by atoms with van der Waals surface area (Å²) in [7, 11) is 0. The molecule has 0 heterocycles. The first-order valence-corrected chi connectivity index (χ1v) is 7.66. The molecule has 0 aliphatic rings. The zero-order chi connectivity index (χ0) is 13.8. The molecule has 0 aromatic heterocycles. The Hall–Kier alpha value is -1.02. The summed E-state index contributed by atoms with van der Waals surface area (Å²) >= 11 is 0. The predicted molar refractivity (Wildman–Crippen MR) is 80.9 cm³/mol. The first-order chi connectivity index (χ1) is 9.36. The van der Waals surface area contributed by atoms with Crippen molar-refractivity contribution in [2.24, 2.45) is 0 Å². The monoisotopic (exact) mass is 264 g/mol. The van der Waals surface area contributed by atoms with Gasteiger partial charge < -0.3 is 9.47 Å². The fourth-order valence-electron chi connectivity index (χ4n) is 1.97. The Morgan fingerprint density at radius 1 is 0.789 bits per heavy atom. The van der Waals surface area contributed by atoms with Crippen molar-refractivity contribution in [3.63, 3.8) is 0 Å². The van der Waals surface area contributed by atoms with Crippen molar-refractivity contribution in [1.82, 2.24) is 0 Å². The maximum Gasteiger partial charge on any atom is 0.119 e. The van der Waals surface area contributed by atoms with Crippen LogP contribution < -0.4 is 4.74 Å². The van der Waals surface area contributed by atoms with E-state index in [9.17, 15) is 0 Å². The molecule has 1 aromatic rings. The first kappa shape index (κ1) is 16.0. The Morgan fingerprint density at radius 2 is 1.58 bits per heavy atom. The smallest absolute Gasteiger partial charge is 0.119 e. The Bertz CT molecular complexity index is 306. The van der Waals surface area contributed by atoms with Crippen LogP contribution in [0.4, 0.5) is 0 Å². The van der Waals surface area contributed by atoms with Crippen molar-refractivity contribution in [2.75, 3.05) is 19.8 Å². The van der Waals surface area contributed by atoms with Crippen LogP contribution in [-0.2, 0) is 11.2 Å². The third kappa shape index (κ3) is 7.89. The summed E-state index contributed by atoms with van der Waals surface area (Å²) in [6, 6.07) is 8.48. The van der Waals surface area contributed by atoms with Crippen LogP contribution in [0.2, 0.25) is 0 Å². The fourth-order valence-corrected chi connectivity index (χ4v) is 1.97. The van der Waals surface area contributed by atoms with Crippen LogP contribution in [0, 0.1) is 0 Å². The lowest BCUT2D eigenvalue weighted by Crippen LogP contribution is -2.07. The minimum atomic E-state index is 0.635. The van der Waals surface area contributed by atoms with Crippen molar-refractivity contribution < 1.29 is 9.47 Å². The van der Waals surface area contributed by atoms with Gasteiger partial charge in [-0.25, -0.2) is 0 Å². The Labute approximate surface area is 118 Å². The lowest BCUT2D eigenvalue weighted by Gasteiger charge is -2.07. The van der Waals surface area contributed by atoms with Crippen molar-refractivity contribution in [3.8, 4) is 5.75 Å². The van der Waals surface area contributed by atoms with Crippen LogP contribution in [-0.4, -0.2) is 19.8 Å². The van der Waals surface area contributed by atoms with Gasteiger partial charge in [0.05, 0.1) is 6.61 Å². The van der Waals surface area contributed by atoms with Gasteiger partial charge >= 0.3 is 0 Å². The molecule has 0 saturated carbocycles. The molecule has 19 heavy (non-hydrogen) atoms. The molecule has 2 nitrogen and oxygen atoms in total. The number of hydrogen-bond acceptors (Lipinski definition) is 2. The summed E-state index contributed by atoms with van der Waals surface area (Å²) in [5, 5.41) is 0. The van der Waals surface area contributed by atoms with Crippen LogP contribution in [0.3, 0.4) is 0 Å². The molecule has 0 unspecified atom stereocenters. The second-order valence-electron chi connectivity index (χ2n) is 4.92. The number of unbranched alkanes of at least 4 members (excludes halogenated alkanes) is 3. The number of benzene rings is 1. The lowest BCUT2D eigenvalue weighted by atomic mass is 10.1. The SMILES string of the molecule is CCCCCCc1ccc(OCCOCCC)cc1. The number of ether oxygens (including phenoxy) is 2. The van der Waals surface area contributed by atoms with Crippen molar-refractivity contribution in [1.29, 1.82) is 0 Å². The largest absolute Gasteiger partial charge is 0.491 e. The molecule has 1 aromatic carbocycles. The van der Waals surface area contributed by atoms with E-state index in [-0.39, 0.29) is 0 Å². The molecule has 0 aliphatic heterocycles. The molecule has 0 spiro atoms. The average molecular weight is 264 g/mol. The van der Waals surface area contributed by atoms with E-state index in [0.717, 1.165) is 18.8 Å². The van der Waals surface area contributed by atoms with Gasteiger partial charge in [0.2, 0.25) is 0 Å². The van der Waals surface area contributed by atoms with Gasteiger partial charge in [-0.15, -0.1) is 0 Å². The number of hydrogen-bond donors (Lipinski definition) is 0. The van der Waals surface area contributed by atoms with E-state index in [2.05, 4.69) is 38.1 Å². The van der Waals surface area contributed by atoms with Crippen molar-refractivity contribution in [2.45, 2.75) is 52.4 Å². The summed E-state index contributed by atoms with van der Waals surface area (Å²) in [5.41, 5.74) is 1.41. The highest BCUT2D eigenvalue weighted by atomic mass is 16.5. The number of aryl methyl sites for hydroxylation is 1. The van der Waals surface area contributed by atoms with Gasteiger partial charge in [0.1, 0.15) is 12.4 Å². The summed E-state index contributed by atoms with van der Waals surface area (Å²) in [5.74, 6) is 0.942. The van der Waals surface area contributed by atoms with Crippen molar-refractivity contribution in [3.05, 3.63) is 29.8 Å². The standard InChI is InChI=1S/C17H28O2/c1-3-5-6-7-8-16-9-11-17(12-10-16)19-15-14-18-13-4-2/h9-12H,3-8,13-15H2,1-2H3. The van der Waals surface area contributed by atoms with Crippen LogP contribution in [0.1, 0.15) is 51.5 Å². The Morgan fingerprint density at radius 3 is 2.26 bits per heavy atom. The molecule has 2 heteroatoms. The normalized spacial score (nSPS) is 10.6. The zero-order valence-corrected chi connectivity index (χ0v) is 12.5. The topological polar surface area (TPSA) is 18.5 Å².